The van der Waals surface area contributed by atoms with Crippen LogP contribution in [0, 0.1) is 5.82 Å². The molecular weight excluding hydrogens is 296 g/mol. The maximum Gasteiger partial charge on any atom is 0.419 e. The second-order valence-electron chi connectivity index (χ2n) is 4.05. The lowest BCUT2D eigenvalue weighted by molar-refractivity contribution is -0.139. The highest BCUT2D eigenvalue weighted by Gasteiger charge is 2.34. The van der Waals surface area contributed by atoms with Gasteiger partial charge in [0.05, 0.1) is 16.9 Å². The Bertz CT molecular complexity index is 641. The molecule has 0 aromatic heterocycles. The molecule has 7 heteroatoms. The summed E-state index contributed by atoms with van der Waals surface area (Å²) in [6.07, 6.45) is -4.76. The summed E-state index contributed by atoms with van der Waals surface area (Å²) in [6, 6.07) is 7.13. The lowest BCUT2D eigenvalue weighted by Crippen LogP contribution is -2.08. The van der Waals surface area contributed by atoms with Gasteiger partial charge in [-0.15, -0.1) is 0 Å². The number of nitrogen functional groups attached to an aromatic ring is 1. The molecule has 106 valence electrons. The zero-order chi connectivity index (χ0) is 14.9. The third-order valence-corrected chi connectivity index (χ3v) is 2.80. The first kappa shape index (κ1) is 14.5. The van der Waals surface area contributed by atoms with Crippen molar-refractivity contribution in [1.82, 2.24) is 0 Å². The molecule has 0 fully saturated rings. The molecule has 2 aromatic carbocycles. The Labute approximate surface area is 117 Å². The zero-order valence-electron chi connectivity index (χ0n) is 9.93. The van der Waals surface area contributed by atoms with E-state index in [9.17, 15) is 17.6 Å². The number of benzene rings is 2. The summed E-state index contributed by atoms with van der Waals surface area (Å²) in [5.41, 5.74) is 5.05. The second-order valence-corrected chi connectivity index (χ2v) is 4.49. The summed E-state index contributed by atoms with van der Waals surface area (Å²) in [7, 11) is 0. The van der Waals surface area contributed by atoms with E-state index in [1.165, 1.54) is 18.2 Å². The lowest BCUT2D eigenvalue weighted by atomic mass is 10.1. The Morgan fingerprint density at radius 2 is 1.75 bits per heavy atom. The maximum atomic E-state index is 13.2. The quantitative estimate of drug-likeness (QED) is 0.616. The highest BCUT2D eigenvalue weighted by atomic mass is 35.5. The summed E-state index contributed by atoms with van der Waals surface area (Å²) in [4.78, 5) is 0. The fraction of sp³-hybridized carbons (Fsp3) is 0.0769. The van der Waals surface area contributed by atoms with E-state index in [4.69, 9.17) is 17.3 Å². The third kappa shape index (κ3) is 3.14. The summed E-state index contributed by atoms with van der Waals surface area (Å²) in [6.45, 7) is 0. The van der Waals surface area contributed by atoms with Gasteiger partial charge in [-0.05, 0) is 36.4 Å². The first-order chi connectivity index (χ1) is 9.27. The molecule has 0 saturated heterocycles. The van der Waals surface area contributed by atoms with Crippen molar-refractivity contribution in [2.24, 2.45) is 0 Å². The van der Waals surface area contributed by atoms with E-state index in [1.807, 2.05) is 0 Å². The van der Waals surface area contributed by atoms with Crippen LogP contribution in [-0.2, 0) is 6.18 Å². The number of alkyl halides is 3. The molecule has 0 unspecified atom stereocenters. The molecule has 0 radical (unpaired) electrons. The molecule has 0 heterocycles. The van der Waals surface area contributed by atoms with Crippen molar-refractivity contribution >= 4 is 28.7 Å². The average molecular weight is 305 g/mol. The Hall–Kier alpha value is -1.95. The molecule has 0 atom stereocenters. The van der Waals surface area contributed by atoms with Gasteiger partial charge in [0.15, 0.2) is 0 Å². The van der Waals surface area contributed by atoms with Crippen molar-refractivity contribution in [2.75, 3.05) is 11.1 Å². The number of anilines is 3. The van der Waals surface area contributed by atoms with Gasteiger partial charge in [0.25, 0.3) is 0 Å². The molecule has 0 bridgehead atoms. The van der Waals surface area contributed by atoms with Crippen LogP contribution in [0.25, 0.3) is 0 Å². The van der Waals surface area contributed by atoms with Crippen molar-refractivity contribution < 1.29 is 17.6 Å². The number of halogens is 5. The van der Waals surface area contributed by atoms with Gasteiger partial charge in [0.2, 0.25) is 0 Å². The zero-order valence-corrected chi connectivity index (χ0v) is 10.7. The van der Waals surface area contributed by atoms with E-state index in [1.54, 1.807) is 6.07 Å². The molecular formula is C13H9ClF4N2. The first-order valence-corrected chi connectivity index (χ1v) is 5.84. The number of nitrogens with one attached hydrogen (secondary N) is 1. The summed E-state index contributed by atoms with van der Waals surface area (Å²) in [5.74, 6) is -1.33. The van der Waals surface area contributed by atoms with Gasteiger partial charge in [0.1, 0.15) is 5.82 Å². The second kappa shape index (κ2) is 5.20. The fourth-order valence-corrected chi connectivity index (χ4v) is 1.78. The predicted molar refractivity (Wildman–Crippen MR) is 70.5 cm³/mol. The molecule has 0 saturated carbocycles. The van der Waals surface area contributed by atoms with Crippen LogP contribution in [0.3, 0.4) is 0 Å². The van der Waals surface area contributed by atoms with Gasteiger partial charge in [0, 0.05) is 10.7 Å². The van der Waals surface area contributed by atoms with Crippen LogP contribution in [0.15, 0.2) is 36.4 Å². The number of rotatable bonds is 2. The van der Waals surface area contributed by atoms with Gasteiger partial charge >= 0.3 is 6.18 Å². The van der Waals surface area contributed by atoms with Crippen molar-refractivity contribution in [1.29, 1.82) is 0 Å². The standard InChI is InChI=1S/C13H9ClF4N2/c14-7-1-4-11(19)12(5-7)20-8-2-3-10(15)9(6-8)13(16,17)18/h1-6,20H,19H2. The molecule has 0 aliphatic rings. The van der Waals surface area contributed by atoms with Crippen LogP contribution < -0.4 is 11.1 Å². The molecule has 0 spiro atoms. The van der Waals surface area contributed by atoms with Crippen LogP contribution in [0.1, 0.15) is 5.56 Å². The molecule has 3 N–H and O–H groups in total. The molecule has 2 rings (SSSR count). The van der Waals surface area contributed by atoms with Crippen LogP contribution in [0.5, 0.6) is 0 Å². The van der Waals surface area contributed by atoms with Crippen molar-refractivity contribution in [3.63, 3.8) is 0 Å². The summed E-state index contributed by atoms with van der Waals surface area (Å²) < 4.78 is 50.9. The van der Waals surface area contributed by atoms with Crippen molar-refractivity contribution in [2.45, 2.75) is 6.18 Å². The molecule has 2 nitrogen and oxygen atoms in total. The first-order valence-electron chi connectivity index (χ1n) is 5.46. The van der Waals surface area contributed by atoms with E-state index in [0.717, 1.165) is 6.07 Å². The SMILES string of the molecule is Nc1ccc(Cl)cc1Nc1ccc(F)c(C(F)(F)F)c1. The smallest absolute Gasteiger partial charge is 0.397 e. The van der Waals surface area contributed by atoms with E-state index in [-0.39, 0.29) is 5.69 Å². The molecule has 2 aromatic rings. The van der Waals surface area contributed by atoms with E-state index in [2.05, 4.69) is 5.32 Å². The maximum absolute atomic E-state index is 13.2. The van der Waals surface area contributed by atoms with E-state index < -0.39 is 17.6 Å². The van der Waals surface area contributed by atoms with Crippen LogP contribution in [-0.4, -0.2) is 0 Å². The number of hydrogen-bond donors (Lipinski definition) is 2. The van der Waals surface area contributed by atoms with E-state index in [0.29, 0.717) is 22.5 Å². The molecule has 0 aliphatic carbocycles. The van der Waals surface area contributed by atoms with Crippen LogP contribution in [0.4, 0.5) is 34.6 Å². The summed E-state index contributed by atoms with van der Waals surface area (Å²) >= 11 is 5.78. The minimum Gasteiger partial charge on any atom is -0.397 e. The Morgan fingerprint density at radius 3 is 2.40 bits per heavy atom. The minimum absolute atomic E-state index is 0.0627. The van der Waals surface area contributed by atoms with Gasteiger partial charge in [-0.2, -0.15) is 13.2 Å². The number of hydrogen-bond acceptors (Lipinski definition) is 2. The number of nitrogens with two attached hydrogens (primary N) is 1. The molecule has 0 aliphatic heterocycles. The molecule has 20 heavy (non-hydrogen) atoms. The highest BCUT2D eigenvalue weighted by Crippen LogP contribution is 2.34. The van der Waals surface area contributed by atoms with Crippen molar-refractivity contribution in [3.05, 3.63) is 52.8 Å². The topological polar surface area (TPSA) is 38.0 Å². The summed E-state index contributed by atoms with van der Waals surface area (Å²) in [5, 5.41) is 3.05. The fourth-order valence-electron chi connectivity index (χ4n) is 1.61. The highest BCUT2D eigenvalue weighted by molar-refractivity contribution is 6.31. The van der Waals surface area contributed by atoms with Crippen LogP contribution in [0.2, 0.25) is 5.02 Å². The Balaban J connectivity index is 2.37. The largest absolute Gasteiger partial charge is 0.419 e. The van der Waals surface area contributed by atoms with Gasteiger partial charge in [-0.3, -0.25) is 0 Å². The van der Waals surface area contributed by atoms with Crippen molar-refractivity contribution in [3.8, 4) is 0 Å². The Morgan fingerprint density at radius 1 is 1.05 bits per heavy atom. The van der Waals surface area contributed by atoms with Gasteiger partial charge in [-0.1, -0.05) is 11.6 Å². The van der Waals surface area contributed by atoms with Crippen LogP contribution >= 0.6 is 11.6 Å². The normalized spacial score (nSPS) is 11.4. The van der Waals surface area contributed by atoms with E-state index >= 15 is 0 Å². The lowest BCUT2D eigenvalue weighted by Gasteiger charge is -2.13. The van der Waals surface area contributed by atoms with Gasteiger partial charge in [-0.25, -0.2) is 4.39 Å². The minimum atomic E-state index is -4.76. The van der Waals surface area contributed by atoms with Gasteiger partial charge < -0.3 is 11.1 Å². The monoisotopic (exact) mass is 304 g/mol. The Kier molecular flexibility index (Phi) is 3.76. The molecule has 0 amide bonds. The predicted octanol–water partition coefficient (Wildman–Crippen LogP) is 4.82. The average Bonchev–Trinajstić information content (AvgIpc) is 2.35. The third-order valence-electron chi connectivity index (χ3n) is 2.57.